The van der Waals surface area contributed by atoms with Gasteiger partial charge in [-0.2, -0.15) is 5.10 Å². The number of carbonyl (C=O) groups is 1. The number of carbonyl (C=O) groups excluding carboxylic acids is 1. The summed E-state index contributed by atoms with van der Waals surface area (Å²) < 4.78 is 0. The van der Waals surface area contributed by atoms with E-state index >= 15 is 0 Å². The first-order chi connectivity index (χ1) is 10.3. The van der Waals surface area contributed by atoms with Gasteiger partial charge in [0.05, 0.1) is 6.20 Å². The summed E-state index contributed by atoms with van der Waals surface area (Å²) in [6.45, 7) is 2.81. The fourth-order valence-corrected chi connectivity index (χ4v) is 2.52. The smallest absolute Gasteiger partial charge is 0.269 e. The van der Waals surface area contributed by atoms with E-state index in [1.807, 2.05) is 6.07 Å². The van der Waals surface area contributed by atoms with Crippen LogP contribution in [-0.2, 0) is 0 Å². The molecule has 6 nitrogen and oxygen atoms in total. The number of nitrogens with one attached hydrogen (secondary N) is 3. The SMILES string of the molecule is O=C(NCC1CCNCC1)c1ccc(-c2cn[nH]c2)cn1. The molecular weight excluding hydrogens is 266 g/mol. The van der Waals surface area contributed by atoms with Crippen molar-refractivity contribution < 1.29 is 4.79 Å². The quantitative estimate of drug-likeness (QED) is 0.788. The lowest BCUT2D eigenvalue weighted by Gasteiger charge is -2.22. The molecule has 0 aliphatic carbocycles. The van der Waals surface area contributed by atoms with Gasteiger partial charge in [0.15, 0.2) is 0 Å². The molecule has 0 spiro atoms. The molecule has 3 N–H and O–H groups in total. The summed E-state index contributed by atoms with van der Waals surface area (Å²) in [7, 11) is 0. The maximum absolute atomic E-state index is 12.1. The van der Waals surface area contributed by atoms with E-state index in [1.54, 1.807) is 24.7 Å². The summed E-state index contributed by atoms with van der Waals surface area (Å²) in [6.07, 6.45) is 7.46. The number of pyridine rings is 1. The molecule has 0 radical (unpaired) electrons. The Morgan fingerprint density at radius 3 is 2.76 bits per heavy atom. The second-order valence-corrected chi connectivity index (χ2v) is 5.32. The number of amides is 1. The molecule has 2 aromatic rings. The average Bonchev–Trinajstić information content (AvgIpc) is 3.08. The Morgan fingerprint density at radius 1 is 1.24 bits per heavy atom. The highest BCUT2D eigenvalue weighted by atomic mass is 16.1. The molecule has 0 atom stereocenters. The van der Waals surface area contributed by atoms with Gasteiger partial charge in [0, 0.05) is 30.1 Å². The summed E-state index contributed by atoms with van der Waals surface area (Å²) in [5, 5.41) is 13.0. The summed E-state index contributed by atoms with van der Waals surface area (Å²) in [4.78, 5) is 16.3. The average molecular weight is 285 g/mol. The third-order valence-electron chi connectivity index (χ3n) is 3.84. The molecule has 1 aliphatic rings. The summed E-state index contributed by atoms with van der Waals surface area (Å²) in [6, 6.07) is 3.64. The molecule has 0 bridgehead atoms. The van der Waals surface area contributed by atoms with Crippen LogP contribution in [0.1, 0.15) is 23.3 Å². The third-order valence-corrected chi connectivity index (χ3v) is 3.84. The van der Waals surface area contributed by atoms with Crippen molar-refractivity contribution in [3.8, 4) is 11.1 Å². The Balaban J connectivity index is 1.57. The molecule has 6 heteroatoms. The zero-order chi connectivity index (χ0) is 14.5. The molecule has 1 fully saturated rings. The van der Waals surface area contributed by atoms with E-state index in [4.69, 9.17) is 0 Å². The van der Waals surface area contributed by atoms with Crippen molar-refractivity contribution in [1.82, 2.24) is 25.8 Å². The second kappa shape index (κ2) is 6.49. The number of hydrogen-bond acceptors (Lipinski definition) is 4. The van der Waals surface area contributed by atoms with Crippen LogP contribution in [-0.4, -0.2) is 40.7 Å². The number of hydrogen-bond donors (Lipinski definition) is 3. The van der Waals surface area contributed by atoms with Crippen molar-refractivity contribution in [1.29, 1.82) is 0 Å². The highest BCUT2D eigenvalue weighted by Gasteiger charge is 2.15. The number of H-pyrrole nitrogens is 1. The van der Waals surface area contributed by atoms with Gasteiger partial charge in [0.1, 0.15) is 5.69 Å². The molecule has 1 aliphatic heterocycles. The van der Waals surface area contributed by atoms with E-state index in [-0.39, 0.29) is 5.91 Å². The van der Waals surface area contributed by atoms with Crippen molar-refractivity contribution in [2.75, 3.05) is 19.6 Å². The van der Waals surface area contributed by atoms with Crippen molar-refractivity contribution in [2.24, 2.45) is 5.92 Å². The lowest BCUT2D eigenvalue weighted by molar-refractivity contribution is 0.0939. The first-order valence-corrected chi connectivity index (χ1v) is 7.27. The van der Waals surface area contributed by atoms with Crippen molar-refractivity contribution in [3.05, 3.63) is 36.4 Å². The maximum Gasteiger partial charge on any atom is 0.269 e. The van der Waals surface area contributed by atoms with Gasteiger partial charge in [-0.05, 0) is 37.9 Å². The Hall–Kier alpha value is -2.21. The summed E-state index contributed by atoms with van der Waals surface area (Å²) >= 11 is 0. The van der Waals surface area contributed by atoms with Crippen LogP contribution < -0.4 is 10.6 Å². The fourth-order valence-electron chi connectivity index (χ4n) is 2.52. The highest BCUT2D eigenvalue weighted by molar-refractivity contribution is 5.92. The molecule has 3 rings (SSSR count). The van der Waals surface area contributed by atoms with E-state index in [9.17, 15) is 4.79 Å². The zero-order valence-electron chi connectivity index (χ0n) is 11.8. The second-order valence-electron chi connectivity index (χ2n) is 5.32. The Morgan fingerprint density at radius 2 is 2.10 bits per heavy atom. The standard InChI is InChI=1S/C15H19N5O/c21-15(18-7-11-3-5-16-6-4-11)14-2-1-12(8-17-14)13-9-19-20-10-13/h1-2,8-11,16H,3-7H2,(H,18,21)(H,19,20). The van der Waals surface area contributed by atoms with Gasteiger partial charge >= 0.3 is 0 Å². The minimum absolute atomic E-state index is 0.104. The van der Waals surface area contributed by atoms with Crippen LogP contribution >= 0.6 is 0 Å². The van der Waals surface area contributed by atoms with Gasteiger partial charge in [-0.3, -0.25) is 14.9 Å². The monoisotopic (exact) mass is 285 g/mol. The molecule has 0 aromatic carbocycles. The van der Waals surface area contributed by atoms with Crippen LogP contribution in [0.5, 0.6) is 0 Å². The van der Waals surface area contributed by atoms with Crippen molar-refractivity contribution >= 4 is 5.91 Å². The maximum atomic E-state index is 12.1. The van der Waals surface area contributed by atoms with E-state index in [1.165, 1.54) is 0 Å². The molecule has 2 aromatic heterocycles. The number of aromatic nitrogens is 3. The van der Waals surface area contributed by atoms with Crippen LogP contribution in [0.15, 0.2) is 30.7 Å². The zero-order valence-corrected chi connectivity index (χ0v) is 11.8. The topological polar surface area (TPSA) is 82.7 Å². The predicted octanol–water partition coefficient (Wildman–Crippen LogP) is 1.20. The summed E-state index contributed by atoms with van der Waals surface area (Å²) in [5.74, 6) is 0.465. The number of nitrogens with zero attached hydrogens (tertiary/aromatic N) is 2. The first kappa shape index (κ1) is 13.8. The van der Waals surface area contributed by atoms with E-state index in [0.29, 0.717) is 11.6 Å². The number of piperidine rings is 1. The third kappa shape index (κ3) is 3.46. The number of aromatic amines is 1. The van der Waals surface area contributed by atoms with E-state index in [0.717, 1.165) is 43.6 Å². The lowest BCUT2D eigenvalue weighted by Crippen LogP contribution is -2.36. The van der Waals surface area contributed by atoms with E-state index < -0.39 is 0 Å². The predicted molar refractivity (Wildman–Crippen MR) is 79.7 cm³/mol. The summed E-state index contributed by atoms with van der Waals surface area (Å²) in [5.41, 5.74) is 2.36. The molecule has 0 saturated carbocycles. The van der Waals surface area contributed by atoms with Crippen LogP contribution in [0.3, 0.4) is 0 Å². The van der Waals surface area contributed by atoms with Crippen LogP contribution in [0.25, 0.3) is 11.1 Å². The largest absolute Gasteiger partial charge is 0.350 e. The van der Waals surface area contributed by atoms with Gasteiger partial charge < -0.3 is 10.6 Å². The molecule has 1 amide bonds. The van der Waals surface area contributed by atoms with Gasteiger partial charge in [-0.1, -0.05) is 6.07 Å². The highest BCUT2D eigenvalue weighted by Crippen LogP contribution is 2.16. The number of rotatable bonds is 4. The molecule has 1 saturated heterocycles. The Labute approximate surface area is 123 Å². The molecule has 3 heterocycles. The van der Waals surface area contributed by atoms with Gasteiger partial charge in [-0.25, -0.2) is 0 Å². The van der Waals surface area contributed by atoms with Gasteiger partial charge in [-0.15, -0.1) is 0 Å². The minimum Gasteiger partial charge on any atom is -0.350 e. The van der Waals surface area contributed by atoms with Crippen molar-refractivity contribution in [2.45, 2.75) is 12.8 Å². The fraction of sp³-hybridized carbons (Fsp3) is 0.400. The van der Waals surface area contributed by atoms with Crippen LogP contribution in [0.2, 0.25) is 0 Å². The van der Waals surface area contributed by atoms with Gasteiger partial charge in [0.2, 0.25) is 0 Å². The van der Waals surface area contributed by atoms with Crippen molar-refractivity contribution in [3.63, 3.8) is 0 Å². The molecule has 110 valence electrons. The van der Waals surface area contributed by atoms with E-state index in [2.05, 4.69) is 25.8 Å². The minimum atomic E-state index is -0.104. The normalized spacial score (nSPS) is 15.8. The van der Waals surface area contributed by atoms with Crippen LogP contribution in [0.4, 0.5) is 0 Å². The van der Waals surface area contributed by atoms with Crippen LogP contribution in [0, 0.1) is 5.92 Å². The Bertz CT molecular complexity index is 573. The molecule has 21 heavy (non-hydrogen) atoms. The lowest BCUT2D eigenvalue weighted by atomic mass is 9.98. The molecule has 0 unspecified atom stereocenters. The van der Waals surface area contributed by atoms with Gasteiger partial charge in [0.25, 0.3) is 5.91 Å². The molecular formula is C15H19N5O. The Kier molecular flexibility index (Phi) is 4.25. The first-order valence-electron chi connectivity index (χ1n) is 7.27.